The van der Waals surface area contributed by atoms with E-state index in [0.717, 1.165) is 19.1 Å². The lowest BCUT2D eigenvalue weighted by Gasteiger charge is -2.36. The van der Waals surface area contributed by atoms with Gasteiger partial charge >= 0.3 is 30.6 Å². The van der Waals surface area contributed by atoms with Crippen LogP contribution in [0.2, 0.25) is 5.02 Å². The fraction of sp³-hybridized carbons (Fsp3) is 0.440. The van der Waals surface area contributed by atoms with E-state index in [1.807, 2.05) is 5.32 Å². The summed E-state index contributed by atoms with van der Waals surface area (Å²) in [4.78, 5) is 44.8. The summed E-state index contributed by atoms with van der Waals surface area (Å²) in [6.45, 7) is 5.61. The van der Waals surface area contributed by atoms with Crippen molar-refractivity contribution in [3.05, 3.63) is 52.2 Å². The van der Waals surface area contributed by atoms with Gasteiger partial charge in [0, 0.05) is 12.6 Å². The van der Waals surface area contributed by atoms with Gasteiger partial charge < -0.3 is 19.9 Å². The first-order chi connectivity index (χ1) is 21.1. The van der Waals surface area contributed by atoms with Crippen molar-refractivity contribution in [1.82, 2.24) is 15.3 Å². The molecule has 0 radical (unpaired) electrons. The van der Waals surface area contributed by atoms with Crippen molar-refractivity contribution in [2.24, 2.45) is 4.99 Å². The fourth-order valence-electron chi connectivity index (χ4n) is 3.44. The molecule has 1 aliphatic rings. The van der Waals surface area contributed by atoms with E-state index in [4.69, 9.17) is 31.0 Å². The number of halogens is 11. The SMILES string of the molecule is CC(C)(C)OC(=O)NC1=N[C@](C)(c2nc(NC(=O)c3ncc(C(F)(F)F)cc3Cl)ccc2F)C[C@@H](C(F)(F)F)O1.O=C(O)C(F)(F)F. The Morgan fingerprint density at radius 1 is 1.04 bits per heavy atom. The molecule has 2 aromatic heterocycles. The lowest BCUT2D eigenvalue weighted by atomic mass is 9.89. The number of hydrogen-bond donors (Lipinski definition) is 3. The normalized spacial score (nSPS) is 18.5. The van der Waals surface area contributed by atoms with Gasteiger partial charge in [-0.05, 0) is 45.9 Å². The minimum atomic E-state index is -5.08. The third kappa shape index (κ3) is 11.1. The van der Waals surface area contributed by atoms with Crippen LogP contribution in [0.4, 0.5) is 54.5 Å². The third-order valence-electron chi connectivity index (χ3n) is 5.38. The van der Waals surface area contributed by atoms with Crippen LogP contribution in [0.25, 0.3) is 0 Å². The molecular weight excluding hydrogens is 692 g/mol. The summed E-state index contributed by atoms with van der Waals surface area (Å²) >= 11 is 5.77. The molecule has 260 valence electrons. The molecule has 0 spiro atoms. The predicted octanol–water partition coefficient (Wildman–Crippen LogP) is 6.62. The van der Waals surface area contributed by atoms with Crippen molar-refractivity contribution < 1.29 is 72.9 Å². The first-order valence-corrected chi connectivity index (χ1v) is 12.8. The van der Waals surface area contributed by atoms with Crippen LogP contribution in [0.1, 0.15) is 55.9 Å². The first-order valence-electron chi connectivity index (χ1n) is 12.5. The number of carbonyl (C=O) groups is 3. The number of carbonyl (C=O) groups excluding carboxylic acids is 2. The van der Waals surface area contributed by atoms with Crippen molar-refractivity contribution in [1.29, 1.82) is 0 Å². The maximum Gasteiger partial charge on any atom is 0.490 e. The van der Waals surface area contributed by atoms with Crippen LogP contribution in [-0.2, 0) is 26.0 Å². The van der Waals surface area contributed by atoms with Gasteiger partial charge in [0.1, 0.15) is 34.2 Å². The molecular formula is C25H22ClF10N5O6. The van der Waals surface area contributed by atoms with Crippen molar-refractivity contribution in [2.45, 2.75) is 69.9 Å². The number of amidine groups is 1. The summed E-state index contributed by atoms with van der Waals surface area (Å²) in [6.07, 6.45) is -19.2. The second-order valence-corrected chi connectivity index (χ2v) is 10.9. The van der Waals surface area contributed by atoms with Gasteiger partial charge in [-0.15, -0.1) is 0 Å². The number of amides is 2. The number of nitrogens with zero attached hydrogens (tertiary/aromatic N) is 3. The molecule has 0 saturated heterocycles. The highest BCUT2D eigenvalue weighted by Crippen LogP contribution is 2.40. The summed E-state index contributed by atoms with van der Waals surface area (Å²) in [7, 11) is 0. The van der Waals surface area contributed by atoms with Gasteiger partial charge in [0.05, 0.1) is 10.6 Å². The molecule has 11 nitrogen and oxygen atoms in total. The van der Waals surface area contributed by atoms with E-state index < -0.39 is 99.8 Å². The Balaban J connectivity index is 0.000000984. The van der Waals surface area contributed by atoms with Crippen LogP contribution >= 0.6 is 11.6 Å². The van der Waals surface area contributed by atoms with Gasteiger partial charge in [0.25, 0.3) is 11.9 Å². The molecule has 0 saturated carbocycles. The molecule has 22 heteroatoms. The van der Waals surface area contributed by atoms with Crippen LogP contribution in [-0.4, -0.2) is 63.1 Å². The minimum absolute atomic E-state index is 0.374. The monoisotopic (exact) mass is 713 g/mol. The highest BCUT2D eigenvalue weighted by atomic mass is 35.5. The number of alkyl carbamates (subject to hydrolysis) is 1. The van der Waals surface area contributed by atoms with Gasteiger partial charge in [-0.25, -0.2) is 34.3 Å². The number of rotatable bonds is 3. The Morgan fingerprint density at radius 3 is 2.09 bits per heavy atom. The fourth-order valence-corrected chi connectivity index (χ4v) is 3.69. The Hall–Kier alpha value is -4.43. The summed E-state index contributed by atoms with van der Waals surface area (Å²) in [6, 6.07) is 1.28. The zero-order chi connectivity index (χ0) is 36.3. The predicted molar refractivity (Wildman–Crippen MR) is 140 cm³/mol. The summed E-state index contributed by atoms with van der Waals surface area (Å²) in [5.41, 5.74) is -5.61. The zero-order valence-electron chi connectivity index (χ0n) is 24.1. The van der Waals surface area contributed by atoms with Gasteiger partial charge in [0.15, 0.2) is 6.10 Å². The minimum Gasteiger partial charge on any atom is -0.475 e. The molecule has 0 unspecified atom stereocenters. The van der Waals surface area contributed by atoms with E-state index in [1.54, 1.807) is 0 Å². The number of carboxylic acids is 1. The van der Waals surface area contributed by atoms with Crippen molar-refractivity contribution in [3.63, 3.8) is 0 Å². The lowest BCUT2D eigenvalue weighted by molar-refractivity contribution is -0.208. The highest BCUT2D eigenvalue weighted by Gasteiger charge is 2.51. The number of aromatic nitrogens is 2. The van der Waals surface area contributed by atoms with Crippen LogP contribution in [0.3, 0.4) is 0 Å². The smallest absolute Gasteiger partial charge is 0.475 e. The second kappa shape index (κ2) is 13.7. The topological polar surface area (TPSA) is 152 Å². The lowest BCUT2D eigenvalue weighted by Crippen LogP contribution is -2.49. The standard InChI is InChI=1S/C23H21ClF7N5O4.C2HF3O2/c1-20(2,3)40-19(38)35-18-36-21(4,8-13(39-18)23(29,30)31)16-12(25)5-6-14(33-16)34-17(37)15-11(24)7-10(9-32-15)22(26,27)28;3-2(4,5)1(6)7/h5-7,9,13H,8H2,1-4H3,(H,33,34,37)(H,35,36,38);(H,6,7)/t13-,21-;/m0./s1. The maximum atomic E-state index is 14.9. The van der Waals surface area contributed by atoms with Gasteiger partial charge in [-0.2, -0.15) is 39.5 Å². The Kier molecular flexibility index (Phi) is 11.3. The number of alkyl halides is 9. The number of ether oxygens (including phenoxy) is 2. The van der Waals surface area contributed by atoms with Crippen LogP contribution < -0.4 is 10.6 Å². The van der Waals surface area contributed by atoms with E-state index in [-0.39, 0.29) is 0 Å². The summed E-state index contributed by atoms with van der Waals surface area (Å²) in [5.74, 6) is -5.42. The molecule has 0 aliphatic carbocycles. The molecule has 0 aromatic carbocycles. The van der Waals surface area contributed by atoms with Crippen molar-refractivity contribution in [2.75, 3.05) is 5.32 Å². The molecule has 3 heterocycles. The largest absolute Gasteiger partial charge is 0.490 e. The zero-order valence-corrected chi connectivity index (χ0v) is 24.8. The maximum absolute atomic E-state index is 14.9. The number of carboxylic acid groups (broad SMARTS) is 1. The van der Waals surface area contributed by atoms with Gasteiger partial charge in [-0.1, -0.05) is 11.6 Å². The third-order valence-corrected chi connectivity index (χ3v) is 5.67. The average Bonchev–Trinajstić information content (AvgIpc) is 2.87. The molecule has 2 atom stereocenters. The Morgan fingerprint density at radius 2 is 1.62 bits per heavy atom. The first kappa shape index (κ1) is 38.8. The summed E-state index contributed by atoms with van der Waals surface area (Å²) in [5, 5.41) is 10.6. The molecule has 3 rings (SSSR count). The number of nitrogens with one attached hydrogen (secondary N) is 2. The van der Waals surface area contributed by atoms with E-state index in [2.05, 4.69) is 20.3 Å². The number of hydrogen-bond acceptors (Lipinski definition) is 8. The van der Waals surface area contributed by atoms with Gasteiger partial charge in [-0.3, -0.25) is 4.79 Å². The molecule has 0 bridgehead atoms. The Bertz CT molecular complexity index is 1540. The molecule has 0 fully saturated rings. The summed E-state index contributed by atoms with van der Waals surface area (Å²) < 4.78 is 136. The molecule has 1 aliphatic heterocycles. The molecule has 47 heavy (non-hydrogen) atoms. The van der Waals surface area contributed by atoms with Gasteiger partial charge in [0.2, 0.25) is 0 Å². The quantitative estimate of drug-likeness (QED) is 0.300. The highest BCUT2D eigenvalue weighted by molar-refractivity contribution is 6.34. The average molecular weight is 714 g/mol. The van der Waals surface area contributed by atoms with Crippen LogP contribution in [0.5, 0.6) is 0 Å². The van der Waals surface area contributed by atoms with E-state index in [0.29, 0.717) is 12.3 Å². The van der Waals surface area contributed by atoms with E-state index >= 15 is 0 Å². The van der Waals surface area contributed by atoms with Crippen molar-refractivity contribution in [3.8, 4) is 0 Å². The molecule has 3 N–H and O–H groups in total. The number of anilines is 1. The van der Waals surface area contributed by atoms with Crippen molar-refractivity contribution >= 4 is 41.4 Å². The van der Waals surface area contributed by atoms with E-state index in [1.165, 1.54) is 20.8 Å². The number of aliphatic carboxylic acids is 1. The van der Waals surface area contributed by atoms with Crippen LogP contribution in [0, 0.1) is 5.82 Å². The number of aliphatic imine (C=N–C) groups is 1. The van der Waals surface area contributed by atoms with E-state index in [9.17, 15) is 53.5 Å². The van der Waals surface area contributed by atoms with Crippen LogP contribution in [0.15, 0.2) is 29.4 Å². The Labute approximate surface area is 262 Å². The molecule has 2 aromatic rings. The number of pyridine rings is 2. The second-order valence-electron chi connectivity index (χ2n) is 10.5. The molecule has 2 amide bonds.